The normalized spacial score (nSPS) is 12.6. The Kier molecular flexibility index (Phi) is 10.8. The summed E-state index contributed by atoms with van der Waals surface area (Å²) in [5, 5.41) is 0. The van der Waals surface area contributed by atoms with Crippen molar-refractivity contribution < 1.29 is 49.4 Å². The van der Waals surface area contributed by atoms with Gasteiger partial charge in [-0.05, 0) is 41.8 Å². The van der Waals surface area contributed by atoms with E-state index in [-0.39, 0.29) is 5.56 Å². The Hall–Kier alpha value is -2.85. The van der Waals surface area contributed by atoms with Crippen LogP contribution in [0.2, 0.25) is 0 Å². The third-order valence-corrected chi connectivity index (χ3v) is 5.61. The summed E-state index contributed by atoms with van der Waals surface area (Å²) >= 11 is 0. The van der Waals surface area contributed by atoms with Gasteiger partial charge in [0, 0.05) is 0 Å². The van der Waals surface area contributed by atoms with Crippen LogP contribution < -0.4 is 4.74 Å². The summed E-state index contributed by atoms with van der Waals surface area (Å²) in [6.07, 6.45) is 1.79. The molecule has 0 unspecified atom stereocenters. The van der Waals surface area contributed by atoms with E-state index < -0.39 is 36.8 Å². The molecule has 0 atom stereocenters. The summed E-state index contributed by atoms with van der Waals surface area (Å²) in [7, 11) is 0. The van der Waals surface area contributed by atoms with Crippen molar-refractivity contribution >= 4 is 5.97 Å². The summed E-state index contributed by atoms with van der Waals surface area (Å²) in [6.45, 7) is 0.235. The first-order chi connectivity index (χ1) is 17.3. The minimum Gasteiger partial charge on any atom is -0.494 e. The number of benzene rings is 2. The van der Waals surface area contributed by atoms with Crippen molar-refractivity contribution in [2.45, 2.75) is 69.6 Å². The first-order valence-corrected chi connectivity index (χ1v) is 11.8. The van der Waals surface area contributed by atoms with E-state index in [4.69, 9.17) is 4.74 Å². The predicted octanol–water partition coefficient (Wildman–Crippen LogP) is 8.42. The Morgan fingerprint density at radius 2 is 1.30 bits per heavy atom. The van der Waals surface area contributed by atoms with Gasteiger partial charge in [-0.3, -0.25) is 0 Å². The summed E-state index contributed by atoms with van der Waals surface area (Å²) < 4.78 is 114. The van der Waals surface area contributed by atoms with Crippen LogP contribution in [0.5, 0.6) is 5.75 Å². The molecule has 0 N–H and O–H groups in total. The first kappa shape index (κ1) is 30.4. The lowest BCUT2D eigenvalue weighted by atomic mass is 10.0. The van der Waals surface area contributed by atoms with Crippen LogP contribution in [0.3, 0.4) is 0 Å². The first-order valence-electron chi connectivity index (χ1n) is 11.8. The van der Waals surface area contributed by atoms with Crippen LogP contribution in [-0.4, -0.2) is 43.4 Å². The maximum atomic E-state index is 13.6. The number of carbonyl (C=O) groups excluding carboxylic acids is 1. The monoisotopic (exact) mass is 540 g/mol. The van der Waals surface area contributed by atoms with E-state index in [9.17, 15) is 39.9 Å². The van der Waals surface area contributed by atoms with Crippen LogP contribution >= 0.6 is 0 Å². The highest BCUT2D eigenvalue weighted by Gasteiger charge is 2.75. The third-order valence-electron chi connectivity index (χ3n) is 5.61. The van der Waals surface area contributed by atoms with Crippen molar-refractivity contribution in [2.24, 2.45) is 0 Å². The smallest absolute Gasteiger partial charge is 0.381 e. The fourth-order valence-corrected chi connectivity index (χ4v) is 3.33. The van der Waals surface area contributed by atoms with Gasteiger partial charge in [0.1, 0.15) is 5.75 Å². The van der Waals surface area contributed by atoms with Crippen molar-refractivity contribution in [3.05, 3.63) is 54.1 Å². The number of hydrogen-bond donors (Lipinski definition) is 0. The molecule has 0 bridgehead atoms. The van der Waals surface area contributed by atoms with Gasteiger partial charge in [0.25, 0.3) is 0 Å². The van der Waals surface area contributed by atoms with Crippen LogP contribution in [0.1, 0.15) is 55.8 Å². The maximum Gasteiger partial charge on any atom is 0.381 e. The quantitative estimate of drug-likeness (QED) is 0.129. The molecule has 206 valence electrons. The molecule has 0 fully saturated rings. The van der Waals surface area contributed by atoms with E-state index in [2.05, 4.69) is 11.7 Å². The zero-order valence-electron chi connectivity index (χ0n) is 20.1. The van der Waals surface area contributed by atoms with Gasteiger partial charge in [-0.25, -0.2) is 13.6 Å². The molecule has 0 radical (unpaired) electrons. The SMILES string of the molecule is CCCCCCCCOc1ccc(-c2ccc(C(=O)OCC(F)(F)C(F)(F)C(F)(F)C(F)F)cc2)cc1. The van der Waals surface area contributed by atoms with Gasteiger partial charge in [-0.2, -0.15) is 26.3 Å². The van der Waals surface area contributed by atoms with E-state index in [0.717, 1.165) is 30.5 Å². The summed E-state index contributed by atoms with van der Waals surface area (Å²) in [6, 6.07) is 12.2. The van der Waals surface area contributed by atoms with Crippen molar-refractivity contribution in [2.75, 3.05) is 13.2 Å². The molecular formula is C26H28F8O3. The van der Waals surface area contributed by atoms with E-state index >= 15 is 0 Å². The van der Waals surface area contributed by atoms with Gasteiger partial charge < -0.3 is 9.47 Å². The van der Waals surface area contributed by atoms with Gasteiger partial charge in [0.15, 0.2) is 6.61 Å². The van der Waals surface area contributed by atoms with Gasteiger partial charge in [-0.1, -0.05) is 63.3 Å². The predicted molar refractivity (Wildman–Crippen MR) is 122 cm³/mol. The molecule has 0 saturated heterocycles. The lowest BCUT2D eigenvalue weighted by Crippen LogP contribution is -2.59. The Morgan fingerprint density at radius 3 is 1.84 bits per heavy atom. The second-order valence-electron chi connectivity index (χ2n) is 8.50. The zero-order valence-corrected chi connectivity index (χ0v) is 20.1. The van der Waals surface area contributed by atoms with E-state index in [1.54, 1.807) is 24.3 Å². The molecule has 2 aromatic rings. The highest BCUT2D eigenvalue weighted by molar-refractivity contribution is 5.90. The minimum absolute atomic E-state index is 0.331. The summed E-state index contributed by atoms with van der Waals surface area (Å²) in [5.41, 5.74) is 1.02. The molecule has 2 rings (SSSR count). The molecule has 0 aliphatic carbocycles. The molecule has 37 heavy (non-hydrogen) atoms. The molecule has 2 aromatic carbocycles. The zero-order chi connectivity index (χ0) is 27.7. The molecule has 0 spiro atoms. The van der Waals surface area contributed by atoms with Gasteiger partial charge >= 0.3 is 30.2 Å². The summed E-state index contributed by atoms with van der Waals surface area (Å²) in [5.74, 6) is -19.3. The van der Waals surface area contributed by atoms with Crippen LogP contribution in [-0.2, 0) is 4.74 Å². The maximum absolute atomic E-state index is 13.6. The second kappa shape index (κ2) is 13.1. The second-order valence-corrected chi connectivity index (χ2v) is 8.50. The molecule has 0 aliphatic rings. The lowest BCUT2D eigenvalue weighted by Gasteiger charge is -2.31. The van der Waals surface area contributed by atoms with E-state index in [1.807, 2.05) is 0 Å². The number of hydrogen-bond acceptors (Lipinski definition) is 3. The summed E-state index contributed by atoms with van der Waals surface area (Å²) in [4.78, 5) is 11.9. The highest BCUT2D eigenvalue weighted by Crippen LogP contribution is 2.48. The number of rotatable bonds is 15. The fourth-order valence-electron chi connectivity index (χ4n) is 3.33. The van der Waals surface area contributed by atoms with E-state index in [0.29, 0.717) is 17.9 Å². The van der Waals surface area contributed by atoms with Crippen molar-refractivity contribution in [1.82, 2.24) is 0 Å². The van der Waals surface area contributed by atoms with Gasteiger partial charge in [-0.15, -0.1) is 0 Å². The highest BCUT2D eigenvalue weighted by atomic mass is 19.4. The van der Waals surface area contributed by atoms with Crippen LogP contribution in [0.4, 0.5) is 35.1 Å². The van der Waals surface area contributed by atoms with Crippen molar-refractivity contribution in [3.8, 4) is 16.9 Å². The Balaban J connectivity index is 1.91. The number of halogens is 8. The number of esters is 1. The van der Waals surface area contributed by atoms with E-state index in [1.165, 1.54) is 37.8 Å². The largest absolute Gasteiger partial charge is 0.494 e. The molecule has 0 aliphatic heterocycles. The molecule has 0 heterocycles. The number of unbranched alkanes of at least 4 members (excludes halogenated alkanes) is 5. The minimum atomic E-state index is -6.44. The van der Waals surface area contributed by atoms with Gasteiger partial charge in [0.2, 0.25) is 0 Å². The lowest BCUT2D eigenvalue weighted by molar-refractivity contribution is -0.343. The fraction of sp³-hybridized carbons (Fsp3) is 0.500. The molecule has 0 aromatic heterocycles. The number of carbonyl (C=O) groups is 1. The standard InChI is InChI=1S/C26H28F8O3/c1-2-3-4-5-6-7-16-36-21-14-12-19(13-15-21)18-8-10-20(11-9-18)22(35)37-17-24(29,30)26(33,34)25(31,32)23(27)28/h8-15,23H,2-7,16-17H2,1H3. The topological polar surface area (TPSA) is 35.5 Å². The number of alkyl halides is 8. The Labute approximate surface area is 209 Å². The van der Waals surface area contributed by atoms with Gasteiger partial charge in [0.05, 0.1) is 12.2 Å². The molecule has 11 heteroatoms. The van der Waals surface area contributed by atoms with Crippen LogP contribution in [0, 0.1) is 0 Å². The van der Waals surface area contributed by atoms with Crippen molar-refractivity contribution in [1.29, 1.82) is 0 Å². The molecule has 0 amide bonds. The van der Waals surface area contributed by atoms with Crippen molar-refractivity contribution in [3.63, 3.8) is 0 Å². The van der Waals surface area contributed by atoms with Crippen LogP contribution in [0.15, 0.2) is 48.5 Å². The third kappa shape index (κ3) is 7.82. The van der Waals surface area contributed by atoms with Crippen LogP contribution in [0.25, 0.3) is 11.1 Å². The molecular weight excluding hydrogens is 512 g/mol. The molecule has 3 nitrogen and oxygen atoms in total. The number of ether oxygens (including phenoxy) is 2. The molecule has 0 saturated carbocycles. The average Bonchev–Trinajstić information content (AvgIpc) is 2.87. The Morgan fingerprint density at radius 1 is 0.784 bits per heavy atom. The average molecular weight is 540 g/mol. The Bertz CT molecular complexity index is 976.